The van der Waals surface area contributed by atoms with E-state index in [0.29, 0.717) is 18.8 Å². The van der Waals surface area contributed by atoms with Gasteiger partial charge in [0.05, 0.1) is 18.8 Å². The van der Waals surface area contributed by atoms with Crippen molar-refractivity contribution >= 4 is 5.69 Å². The van der Waals surface area contributed by atoms with Crippen LogP contribution in [0.2, 0.25) is 0 Å². The van der Waals surface area contributed by atoms with Gasteiger partial charge in [0.1, 0.15) is 5.69 Å². The van der Waals surface area contributed by atoms with Gasteiger partial charge in [-0.2, -0.15) is 0 Å². The summed E-state index contributed by atoms with van der Waals surface area (Å²) in [5.41, 5.74) is 8.60. The van der Waals surface area contributed by atoms with Gasteiger partial charge in [-0.05, 0) is 12.5 Å². The summed E-state index contributed by atoms with van der Waals surface area (Å²) in [5, 5.41) is 2.97. The number of methoxy groups -OCH3 is 1. The third-order valence-electron chi connectivity index (χ3n) is 2.82. The van der Waals surface area contributed by atoms with Crippen LogP contribution in [0.25, 0.3) is 0 Å². The summed E-state index contributed by atoms with van der Waals surface area (Å²) in [6.45, 7) is 2.81. The SMILES string of the molecule is COCc1[nH]n(Cc2ccc(C)cc2)c(=O)c1N. The second kappa shape index (κ2) is 5.10. The van der Waals surface area contributed by atoms with Crippen LogP contribution in [0.1, 0.15) is 16.8 Å². The van der Waals surface area contributed by atoms with Crippen LogP contribution in [0.3, 0.4) is 0 Å². The number of H-pyrrole nitrogens is 1. The Morgan fingerprint density at radius 3 is 2.61 bits per heavy atom. The van der Waals surface area contributed by atoms with Crippen LogP contribution in [-0.2, 0) is 17.9 Å². The molecule has 1 aromatic heterocycles. The maximum Gasteiger partial charge on any atom is 0.290 e. The second-order valence-corrected chi connectivity index (χ2v) is 4.31. The quantitative estimate of drug-likeness (QED) is 0.854. The highest BCUT2D eigenvalue weighted by atomic mass is 16.5. The molecule has 1 aromatic carbocycles. The fraction of sp³-hybridized carbons (Fsp3) is 0.308. The Bertz CT molecular complexity index is 581. The maximum atomic E-state index is 11.9. The van der Waals surface area contributed by atoms with Crippen molar-refractivity contribution in [1.82, 2.24) is 9.78 Å². The molecular weight excluding hydrogens is 230 g/mol. The molecule has 0 bridgehead atoms. The van der Waals surface area contributed by atoms with Crippen molar-refractivity contribution in [3.05, 3.63) is 51.4 Å². The van der Waals surface area contributed by atoms with E-state index in [1.807, 2.05) is 31.2 Å². The molecule has 18 heavy (non-hydrogen) atoms. The lowest BCUT2D eigenvalue weighted by Gasteiger charge is -2.03. The molecule has 5 heteroatoms. The number of anilines is 1. The number of aryl methyl sites for hydroxylation is 1. The van der Waals surface area contributed by atoms with Crippen LogP contribution >= 0.6 is 0 Å². The fourth-order valence-corrected chi connectivity index (χ4v) is 1.79. The van der Waals surface area contributed by atoms with Gasteiger partial charge in [0.25, 0.3) is 5.56 Å². The highest BCUT2D eigenvalue weighted by Gasteiger charge is 2.10. The van der Waals surface area contributed by atoms with Gasteiger partial charge in [-0.15, -0.1) is 0 Å². The van der Waals surface area contributed by atoms with Gasteiger partial charge >= 0.3 is 0 Å². The Morgan fingerprint density at radius 2 is 2.00 bits per heavy atom. The van der Waals surface area contributed by atoms with Crippen molar-refractivity contribution in [3.8, 4) is 0 Å². The molecule has 0 saturated carbocycles. The molecular formula is C13H17N3O2. The minimum atomic E-state index is -0.206. The molecule has 0 amide bonds. The summed E-state index contributed by atoms with van der Waals surface area (Å²) in [6.07, 6.45) is 0. The molecule has 0 aliphatic carbocycles. The first-order valence-electron chi connectivity index (χ1n) is 5.73. The maximum absolute atomic E-state index is 11.9. The number of hydrogen-bond donors (Lipinski definition) is 2. The average Bonchev–Trinajstić information content (AvgIpc) is 2.61. The molecule has 2 aromatic rings. The van der Waals surface area contributed by atoms with Gasteiger partial charge in [0.2, 0.25) is 0 Å². The Balaban J connectivity index is 2.26. The zero-order valence-corrected chi connectivity index (χ0v) is 10.6. The van der Waals surface area contributed by atoms with Gasteiger partial charge in [0, 0.05) is 7.11 Å². The molecule has 0 aliphatic heterocycles. The van der Waals surface area contributed by atoms with Gasteiger partial charge in [-0.25, -0.2) is 4.68 Å². The monoisotopic (exact) mass is 247 g/mol. The van der Waals surface area contributed by atoms with E-state index in [0.717, 1.165) is 5.56 Å². The Kier molecular flexibility index (Phi) is 3.53. The van der Waals surface area contributed by atoms with Crippen molar-refractivity contribution in [3.63, 3.8) is 0 Å². The zero-order valence-electron chi connectivity index (χ0n) is 10.6. The molecule has 3 N–H and O–H groups in total. The molecule has 0 radical (unpaired) electrons. The van der Waals surface area contributed by atoms with Gasteiger partial charge in [-0.1, -0.05) is 29.8 Å². The Morgan fingerprint density at radius 1 is 1.33 bits per heavy atom. The van der Waals surface area contributed by atoms with Crippen LogP contribution in [0.15, 0.2) is 29.1 Å². The number of benzene rings is 1. The number of ether oxygens (including phenoxy) is 1. The van der Waals surface area contributed by atoms with E-state index >= 15 is 0 Å². The topological polar surface area (TPSA) is 73.0 Å². The minimum absolute atomic E-state index is 0.206. The number of nitrogens with one attached hydrogen (secondary N) is 1. The number of hydrogen-bond acceptors (Lipinski definition) is 3. The summed E-state index contributed by atoms with van der Waals surface area (Å²) in [7, 11) is 1.56. The minimum Gasteiger partial charge on any atom is -0.393 e. The average molecular weight is 247 g/mol. The molecule has 1 heterocycles. The van der Waals surface area contributed by atoms with Crippen molar-refractivity contribution < 1.29 is 4.74 Å². The van der Waals surface area contributed by atoms with Gasteiger partial charge in [0.15, 0.2) is 0 Å². The largest absolute Gasteiger partial charge is 0.393 e. The third kappa shape index (κ3) is 2.46. The van der Waals surface area contributed by atoms with Crippen LogP contribution in [0, 0.1) is 6.92 Å². The molecule has 5 nitrogen and oxygen atoms in total. The lowest BCUT2D eigenvalue weighted by Crippen LogP contribution is -2.19. The molecule has 2 rings (SSSR count). The van der Waals surface area contributed by atoms with Crippen molar-refractivity contribution in [2.24, 2.45) is 0 Å². The lowest BCUT2D eigenvalue weighted by atomic mass is 10.1. The smallest absolute Gasteiger partial charge is 0.290 e. The van der Waals surface area contributed by atoms with E-state index in [1.165, 1.54) is 10.2 Å². The number of rotatable bonds is 4. The number of aromatic nitrogens is 2. The first kappa shape index (κ1) is 12.4. The van der Waals surface area contributed by atoms with E-state index in [9.17, 15) is 4.79 Å². The van der Waals surface area contributed by atoms with E-state index in [4.69, 9.17) is 10.5 Å². The summed E-state index contributed by atoms with van der Waals surface area (Å²) < 4.78 is 6.47. The second-order valence-electron chi connectivity index (χ2n) is 4.31. The molecule has 0 fully saturated rings. The third-order valence-corrected chi connectivity index (χ3v) is 2.82. The van der Waals surface area contributed by atoms with E-state index in [2.05, 4.69) is 5.10 Å². The Labute approximate surface area is 105 Å². The van der Waals surface area contributed by atoms with Crippen LogP contribution < -0.4 is 11.3 Å². The number of nitrogens with zero attached hydrogens (tertiary/aromatic N) is 1. The van der Waals surface area contributed by atoms with Crippen molar-refractivity contribution in [2.75, 3.05) is 12.8 Å². The summed E-state index contributed by atoms with van der Waals surface area (Å²) in [4.78, 5) is 11.9. The first-order valence-corrected chi connectivity index (χ1v) is 5.73. The van der Waals surface area contributed by atoms with Crippen molar-refractivity contribution in [2.45, 2.75) is 20.1 Å². The Hall–Kier alpha value is -2.01. The summed E-state index contributed by atoms with van der Waals surface area (Å²) in [6, 6.07) is 8.02. The van der Waals surface area contributed by atoms with Crippen LogP contribution in [-0.4, -0.2) is 16.9 Å². The highest BCUT2D eigenvalue weighted by Crippen LogP contribution is 2.07. The van der Waals surface area contributed by atoms with E-state index < -0.39 is 0 Å². The summed E-state index contributed by atoms with van der Waals surface area (Å²) >= 11 is 0. The predicted octanol–water partition coefficient (Wildman–Crippen LogP) is 1.26. The molecule has 0 aliphatic rings. The first-order chi connectivity index (χ1) is 8.61. The van der Waals surface area contributed by atoms with Crippen LogP contribution in [0.5, 0.6) is 0 Å². The van der Waals surface area contributed by atoms with E-state index in [1.54, 1.807) is 7.11 Å². The predicted molar refractivity (Wildman–Crippen MR) is 70.5 cm³/mol. The van der Waals surface area contributed by atoms with Crippen molar-refractivity contribution in [1.29, 1.82) is 0 Å². The molecule has 0 saturated heterocycles. The number of nitrogen functional groups attached to an aromatic ring is 1. The zero-order chi connectivity index (χ0) is 13.1. The fourth-order valence-electron chi connectivity index (χ4n) is 1.79. The highest BCUT2D eigenvalue weighted by molar-refractivity contribution is 5.40. The van der Waals surface area contributed by atoms with Crippen LogP contribution in [0.4, 0.5) is 5.69 Å². The van der Waals surface area contributed by atoms with E-state index in [-0.39, 0.29) is 11.2 Å². The van der Waals surface area contributed by atoms with Gasteiger partial charge < -0.3 is 10.5 Å². The number of nitrogens with two attached hydrogens (primary N) is 1. The molecule has 96 valence electrons. The molecule has 0 unspecified atom stereocenters. The molecule has 0 spiro atoms. The number of aromatic amines is 1. The summed E-state index contributed by atoms with van der Waals surface area (Å²) in [5.74, 6) is 0. The normalized spacial score (nSPS) is 10.8. The lowest BCUT2D eigenvalue weighted by molar-refractivity contribution is 0.181. The molecule has 0 atom stereocenters. The standard InChI is InChI=1S/C13H17N3O2/c1-9-3-5-10(6-4-9)7-16-13(17)12(14)11(15-16)8-18-2/h3-6,15H,7-8,14H2,1-2H3. The van der Waals surface area contributed by atoms with Gasteiger partial charge in [-0.3, -0.25) is 9.89 Å².